The number of aromatic nitrogens is 3. The molecule has 0 aliphatic carbocycles. The molecular formula is C14H18F3N5O. The Balaban J connectivity index is 1.58. The molecule has 23 heavy (non-hydrogen) atoms. The average Bonchev–Trinajstić information content (AvgIpc) is 3.03. The molecule has 1 aliphatic heterocycles. The molecule has 6 nitrogen and oxygen atoms in total. The molecule has 2 atom stereocenters. The molecule has 0 unspecified atom stereocenters. The lowest BCUT2D eigenvalue weighted by Gasteiger charge is -2.22. The van der Waals surface area contributed by atoms with Crippen LogP contribution in [0.1, 0.15) is 12.1 Å². The van der Waals surface area contributed by atoms with E-state index in [4.69, 9.17) is 5.11 Å². The first kappa shape index (κ1) is 16.0. The van der Waals surface area contributed by atoms with Gasteiger partial charge in [0.2, 0.25) is 0 Å². The zero-order chi connectivity index (χ0) is 16.6. The van der Waals surface area contributed by atoms with Crippen LogP contribution in [0.5, 0.6) is 0 Å². The molecule has 9 heteroatoms. The predicted molar refractivity (Wildman–Crippen MR) is 78.3 cm³/mol. The van der Waals surface area contributed by atoms with Crippen LogP contribution < -0.4 is 5.32 Å². The minimum atomic E-state index is -4.57. The maximum atomic E-state index is 12.4. The van der Waals surface area contributed by atoms with Gasteiger partial charge in [-0.25, -0.2) is 9.50 Å². The molecule has 2 N–H and O–H groups in total. The number of likely N-dealkylation sites (tertiary alicyclic amines) is 1. The van der Waals surface area contributed by atoms with Crippen LogP contribution in [0.4, 0.5) is 19.0 Å². The van der Waals surface area contributed by atoms with Gasteiger partial charge in [0.05, 0.1) is 11.9 Å². The smallest absolute Gasteiger partial charge is 0.382 e. The molecule has 0 bridgehead atoms. The molecule has 1 saturated heterocycles. The van der Waals surface area contributed by atoms with Crippen molar-refractivity contribution in [2.75, 3.05) is 25.0 Å². The summed E-state index contributed by atoms with van der Waals surface area (Å²) in [5, 5.41) is 16.7. The van der Waals surface area contributed by atoms with Crippen LogP contribution in [0.2, 0.25) is 0 Å². The van der Waals surface area contributed by atoms with Crippen LogP contribution >= 0.6 is 0 Å². The van der Waals surface area contributed by atoms with Crippen LogP contribution in [0.15, 0.2) is 18.3 Å². The third kappa shape index (κ3) is 3.73. The molecular weight excluding hydrogens is 311 g/mol. The lowest BCUT2D eigenvalue weighted by molar-refractivity contribution is -0.207. The number of aliphatic hydroxyl groups is 1. The van der Waals surface area contributed by atoms with Gasteiger partial charge in [0.25, 0.3) is 0 Å². The Morgan fingerprint density at radius 2 is 2.22 bits per heavy atom. The summed E-state index contributed by atoms with van der Waals surface area (Å²) in [6.45, 7) is 2.44. The van der Waals surface area contributed by atoms with E-state index in [0.29, 0.717) is 25.3 Å². The summed E-state index contributed by atoms with van der Waals surface area (Å²) in [6.07, 6.45) is -4.36. The molecule has 0 spiro atoms. The van der Waals surface area contributed by atoms with Crippen molar-refractivity contribution in [2.45, 2.75) is 31.7 Å². The number of nitrogens with one attached hydrogen (secondary N) is 1. The minimum absolute atomic E-state index is 0.00463. The van der Waals surface area contributed by atoms with Crippen molar-refractivity contribution >= 4 is 11.5 Å². The Bertz CT molecular complexity index is 687. The van der Waals surface area contributed by atoms with Gasteiger partial charge in [0, 0.05) is 25.7 Å². The van der Waals surface area contributed by atoms with Crippen molar-refractivity contribution in [1.82, 2.24) is 19.5 Å². The van der Waals surface area contributed by atoms with Gasteiger partial charge in [0.1, 0.15) is 5.82 Å². The first-order valence-electron chi connectivity index (χ1n) is 7.38. The van der Waals surface area contributed by atoms with E-state index in [0.717, 1.165) is 11.3 Å². The Labute approximate surface area is 130 Å². The summed E-state index contributed by atoms with van der Waals surface area (Å²) in [4.78, 5) is 5.89. The molecule has 1 aliphatic rings. The molecule has 0 radical (unpaired) electrons. The van der Waals surface area contributed by atoms with Crippen LogP contribution in [-0.4, -0.2) is 62.6 Å². The second-order valence-corrected chi connectivity index (χ2v) is 5.85. The van der Waals surface area contributed by atoms with E-state index in [2.05, 4.69) is 15.4 Å². The van der Waals surface area contributed by atoms with Crippen molar-refractivity contribution in [3.05, 3.63) is 24.0 Å². The first-order valence-corrected chi connectivity index (χ1v) is 7.38. The molecule has 3 rings (SSSR count). The highest BCUT2D eigenvalue weighted by molar-refractivity contribution is 5.45. The van der Waals surface area contributed by atoms with Gasteiger partial charge in [0.15, 0.2) is 11.8 Å². The van der Waals surface area contributed by atoms with E-state index in [9.17, 15) is 13.2 Å². The van der Waals surface area contributed by atoms with Gasteiger partial charge in [-0.1, -0.05) is 0 Å². The van der Waals surface area contributed by atoms with Crippen molar-refractivity contribution in [1.29, 1.82) is 0 Å². The summed E-state index contributed by atoms with van der Waals surface area (Å²) < 4.78 is 38.8. The summed E-state index contributed by atoms with van der Waals surface area (Å²) >= 11 is 0. The van der Waals surface area contributed by atoms with Gasteiger partial charge in [-0.15, -0.1) is 5.10 Å². The summed E-state index contributed by atoms with van der Waals surface area (Å²) in [5.41, 5.74) is 1.61. The number of aliphatic hydroxyl groups excluding tert-OH is 1. The number of alkyl halides is 3. The fraction of sp³-hybridized carbons (Fsp3) is 0.571. The van der Waals surface area contributed by atoms with E-state index in [1.165, 1.54) is 0 Å². The number of fused-ring (bicyclic) bond motifs is 1. The average molecular weight is 329 g/mol. The second kappa shape index (κ2) is 5.97. The minimum Gasteiger partial charge on any atom is -0.382 e. The largest absolute Gasteiger partial charge is 0.415 e. The molecule has 2 aromatic heterocycles. The van der Waals surface area contributed by atoms with E-state index >= 15 is 0 Å². The second-order valence-electron chi connectivity index (χ2n) is 5.85. The quantitative estimate of drug-likeness (QED) is 0.889. The van der Waals surface area contributed by atoms with E-state index < -0.39 is 18.8 Å². The number of hydrogen-bond acceptors (Lipinski definition) is 5. The Morgan fingerprint density at radius 1 is 1.43 bits per heavy atom. The molecule has 3 heterocycles. The van der Waals surface area contributed by atoms with E-state index in [1.807, 2.05) is 13.0 Å². The third-order valence-corrected chi connectivity index (χ3v) is 3.87. The predicted octanol–water partition coefficient (Wildman–Crippen LogP) is 1.45. The normalized spacial score (nSPS) is 21.0. The van der Waals surface area contributed by atoms with Gasteiger partial charge in [-0.3, -0.25) is 4.90 Å². The monoisotopic (exact) mass is 329 g/mol. The van der Waals surface area contributed by atoms with Crippen molar-refractivity contribution in [3.63, 3.8) is 0 Å². The molecule has 0 saturated carbocycles. The van der Waals surface area contributed by atoms with Crippen LogP contribution in [0, 0.1) is 6.92 Å². The van der Waals surface area contributed by atoms with Gasteiger partial charge in [-0.2, -0.15) is 13.2 Å². The van der Waals surface area contributed by atoms with E-state index in [-0.39, 0.29) is 6.04 Å². The van der Waals surface area contributed by atoms with Gasteiger partial charge < -0.3 is 10.4 Å². The van der Waals surface area contributed by atoms with Gasteiger partial charge in [-0.05, 0) is 25.5 Å². The summed E-state index contributed by atoms with van der Waals surface area (Å²) in [6, 6.07) is 3.64. The maximum absolute atomic E-state index is 12.4. The number of anilines is 1. The molecule has 126 valence electrons. The summed E-state index contributed by atoms with van der Waals surface area (Å²) in [5.74, 6) is 0.651. The fourth-order valence-corrected chi connectivity index (χ4v) is 2.75. The number of imidazole rings is 1. The summed E-state index contributed by atoms with van der Waals surface area (Å²) in [7, 11) is 0. The van der Waals surface area contributed by atoms with Crippen LogP contribution in [0.25, 0.3) is 5.65 Å². The topological polar surface area (TPSA) is 65.7 Å². The van der Waals surface area contributed by atoms with Crippen LogP contribution in [-0.2, 0) is 0 Å². The molecule has 0 aromatic carbocycles. The zero-order valence-electron chi connectivity index (χ0n) is 12.6. The lowest BCUT2D eigenvalue weighted by atomic mass is 10.2. The number of halogens is 3. The number of hydrogen-bond donors (Lipinski definition) is 2. The molecule has 0 amide bonds. The number of rotatable bonds is 4. The zero-order valence-corrected chi connectivity index (χ0v) is 12.6. The highest BCUT2D eigenvalue weighted by atomic mass is 19.4. The Hall–Kier alpha value is -1.87. The fourth-order valence-electron chi connectivity index (χ4n) is 2.75. The SMILES string of the molecule is Cc1cn2nc(N[C@H]3CCN(C[C@@H](O)C(F)(F)F)C3)ccc2n1. The standard InChI is InChI=1S/C14H18F3N5O/c1-9-6-22-13(18-9)3-2-12(20-22)19-10-4-5-21(7-10)8-11(23)14(15,16)17/h2-3,6,10-11,23H,4-5,7-8H2,1H3,(H,19,20)/t10-,11+/m0/s1. The lowest BCUT2D eigenvalue weighted by Crippen LogP contribution is -2.40. The highest BCUT2D eigenvalue weighted by Crippen LogP contribution is 2.23. The van der Waals surface area contributed by atoms with Crippen molar-refractivity contribution in [3.8, 4) is 0 Å². The number of aryl methyl sites for hydroxylation is 1. The number of β-amino-alcohol motifs (C(OH)–C–C–N with tert-alkyl or cyclic N) is 1. The van der Waals surface area contributed by atoms with Crippen LogP contribution in [0.3, 0.4) is 0 Å². The Kier molecular flexibility index (Phi) is 4.15. The number of nitrogens with zero attached hydrogens (tertiary/aromatic N) is 4. The van der Waals surface area contributed by atoms with E-state index in [1.54, 1.807) is 21.7 Å². The highest BCUT2D eigenvalue weighted by Gasteiger charge is 2.40. The first-order chi connectivity index (χ1) is 10.8. The van der Waals surface area contributed by atoms with Crippen molar-refractivity contribution in [2.24, 2.45) is 0 Å². The molecule has 2 aromatic rings. The van der Waals surface area contributed by atoms with Gasteiger partial charge >= 0.3 is 6.18 Å². The third-order valence-electron chi connectivity index (χ3n) is 3.87. The Morgan fingerprint density at radius 3 is 2.96 bits per heavy atom. The maximum Gasteiger partial charge on any atom is 0.415 e. The molecule has 1 fully saturated rings. The van der Waals surface area contributed by atoms with Crippen molar-refractivity contribution < 1.29 is 18.3 Å².